The number of benzene rings is 2. The average Bonchev–Trinajstić information content (AvgIpc) is 2.71. The third-order valence-electron chi connectivity index (χ3n) is 3.80. The van der Waals surface area contributed by atoms with Gasteiger partial charge in [-0.1, -0.05) is 46.4 Å². The lowest BCUT2D eigenvalue weighted by atomic mass is 10.2. The van der Waals surface area contributed by atoms with E-state index in [9.17, 15) is 18.0 Å². The van der Waals surface area contributed by atoms with Crippen molar-refractivity contribution in [2.75, 3.05) is 19.8 Å². The topological polar surface area (TPSA) is 54.0 Å². The Balaban J connectivity index is 1.72. The lowest BCUT2D eigenvalue weighted by molar-refractivity contribution is -0.274. The Morgan fingerprint density at radius 1 is 0.909 bits per heavy atom. The summed E-state index contributed by atoms with van der Waals surface area (Å²) in [6.07, 6.45) is -2.34. The van der Waals surface area contributed by atoms with Gasteiger partial charge in [0.1, 0.15) is 22.6 Å². The molecule has 2 aromatic carbocycles. The molecule has 0 aliphatic rings. The molecule has 2 aromatic rings. The van der Waals surface area contributed by atoms with E-state index in [0.717, 1.165) is 12.1 Å². The van der Waals surface area contributed by atoms with Gasteiger partial charge in [0.25, 0.3) is 0 Å². The van der Waals surface area contributed by atoms with Gasteiger partial charge in [0.05, 0.1) is 28.8 Å². The molecule has 0 saturated heterocycles. The minimum absolute atomic E-state index is 0.0752. The predicted molar refractivity (Wildman–Crippen MR) is 120 cm³/mol. The molecule has 0 aromatic heterocycles. The van der Waals surface area contributed by atoms with Gasteiger partial charge >= 0.3 is 12.3 Å². The quantitative estimate of drug-likeness (QED) is 0.214. The van der Waals surface area contributed by atoms with Crippen molar-refractivity contribution < 1.29 is 36.9 Å². The normalized spacial score (nSPS) is 11.0. The number of alkyl halides is 3. The number of carbonyl (C=O) groups excluding carboxylic acids is 1. The highest BCUT2D eigenvalue weighted by molar-refractivity contribution is 6.55. The standard InChI is InChI=1S/C21H17Cl4F3O5/c22-16-11-15(30-10-7-18(24)25)12-17(23)19(16)31-8-1-2-9-32-20(29)13-3-5-14(6-4-13)33-21(26,27)28/h3-7,11-12H,1-2,8-10H2. The van der Waals surface area contributed by atoms with Crippen molar-refractivity contribution in [3.05, 3.63) is 62.6 Å². The first-order valence-corrected chi connectivity index (χ1v) is 10.8. The van der Waals surface area contributed by atoms with E-state index in [1.54, 1.807) is 0 Å². The van der Waals surface area contributed by atoms with Crippen LogP contribution < -0.4 is 14.2 Å². The second kappa shape index (κ2) is 13.0. The zero-order chi connectivity index (χ0) is 24.4. The van der Waals surface area contributed by atoms with Crippen LogP contribution in [0.4, 0.5) is 13.2 Å². The van der Waals surface area contributed by atoms with Gasteiger partial charge in [-0.2, -0.15) is 0 Å². The van der Waals surface area contributed by atoms with Crippen molar-refractivity contribution in [1.29, 1.82) is 0 Å². The van der Waals surface area contributed by atoms with E-state index in [2.05, 4.69) is 4.74 Å². The van der Waals surface area contributed by atoms with Gasteiger partial charge in [-0.25, -0.2) is 4.79 Å². The predicted octanol–water partition coefficient (Wildman–Crippen LogP) is 7.61. The molecule has 0 fully saturated rings. The molecule has 180 valence electrons. The van der Waals surface area contributed by atoms with Gasteiger partial charge in [0.15, 0.2) is 5.75 Å². The fourth-order valence-electron chi connectivity index (χ4n) is 2.38. The van der Waals surface area contributed by atoms with Gasteiger partial charge in [-0.15, -0.1) is 13.2 Å². The SMILES string of the molecule is O=C(OCCCCOc1c(Cl)cc(OCC=C(Cl)Cl)cc1Cl)c1ccc(OC(F)(F)F)cc1. The van der Waals surface area contributed by atoms with E-state index >= 15 is 0 Å². The summed E-state index contributed by atoms with van der Waals surface area (Å²) in [5.74, 6) is -0.395. The molecule has 0 radical (unpaired) electrons. The summed E-state index contributed by atoms with van der Waals surface area (Å²) >= 11 is 23.4. The highest BCUT2D eigenvalue weighted by atomic mass is 35.5. The molecule has 0 aliphatic carbocycles. The van der Waals surface area contributed by atoms with Gasteiger partial charge in [0, 0.05) is 12.1 Å². The van der Waals surface area contributed by atoms with E-state index in [1.165, 1.54) is 30.3 Å². The maximum Gasteiger partial charge on any atom is 0.573 e. The summed E-state index contributed by atoms with van der Waals surface area (Å²) in [6, 6.07) is 7.50. The smallest absolute Gasteiger partial charge is 0.490 e. The highest BCUT2D eigenvalue weighted by Gasteiger charge is 2.31. The third-order valence-corrected chi connectivity index (χ3v) is 4.67. The largest absolute Gasteiger partial charge is 0.573 e. The molecule has 0 unspecified atom stereocenters. The van der Waals surface area contributed by atoms with Crippen molar-refractivity contribution in [2.24, 2.45) is 0 Å². The molecule has 0 saturated carbocycles. The van der Waals surface area contributed by atoms with Crippen LogP contribution in [0.5, 0.6) is 17.2 Å². The first kappa shape index (κ1) is 27.2. The molecule has 33 heavy (non-hydrogen) atoms. The Morgan fingerprint density at radius 2 is 1.52 bits per heavy atom. The van der Waals surface area contributed by atoms with Crippen LogP contribution >= 0.6 is 46.4 Å². The zero-order valence-corrected chi connectivity index (χ0v) is 19.8. The van der Waals surface area contributed by atoms with Gasteiger partial charge in [-0.3, -0.25) is 0 Å². The molecule has 0 aliphatic heterocycles. The van der Waals surface area contributed by atoms with Crippen molar-refractivity contribution in [1.82, 2.24) is 0 Å². The van der Waals surface area contributed by atoms with Crippen LogP contribution in [0.2, 0.25) is 10.0 Å². The van der Waals surface area contributed by atoms with Crippen LogP contribution in [-0.2, 0) is 4.74 Å². The maximum absolute atomic E-state index is 12.2. The molecule has 12 heteroatoms. The molecule has 0 amide bonds. The van der Waals surface area contributed by atoms with E-state index in [0.29, 0.717) is 18.6 Å². The maximum atomic E-state index is 12.2. The lowest BCUT2D eigenvalue weighted by Gasteiger charge is -2.12. The van der Waals surface area contributed by atoms with Crippen molar-refractivity contribution in [3.63, 3.8) is 0 Å². The Bertz CT molecular complexity index is 938. The van der Waals surface area contributed by atoms with E-state index in [4.69, 9.17) is 60.6 Å². The molecule has 0 atom stereocenters. The first-order chi connectivity index (χ1) is 15.5. The molecule has 0 bridgehead atoms. The first-order valence-electron chi connectivity index (χ1n) is 9.34. The molecular formula is C21H17Cl4F3O5. The monoisotopic (exact) mass is 546 g/mol. The second-order valence-electron chi connectivity index (χ2n) is 6.28. The number of halogens is 7. The highest BCUT2D eigenvalue weighted by Crippen LogP contribution is 2.37. The van der Waals surface area contributed by atoms with Crippen LogP contribution in [0.15, 0.2) is 47.0 Å². The van der Waals surface area contributed by atoms with Gasteiger partial charge in [0.2, 0.25) is 0 Å². The third kappa shape index (κ3) is 10.2. The van der Waals surface area contributed by atoms with Crippen LogP contribution in [0.1, 0.15) is 23.2 Å². The fraction of sp³-hybridized carbons (Fsp3) is 0.286. The zero-order valence-electron chi connectivity index (χ0n) is 16.8. The van der Waals surface area contributed by atoms with Crippen LogP contribution in [0.25, 0.3) is 0 Å². The van der Waals surface area contributed by atoms with Crippen molar-refractivity contribution in [2.45, 2.75) is 19.2 Å². The van der Waals surface area contributed by atoms with E-state index < -0.39 is 18.1 Å². The molecule has 0 N–H and O–H groups in total. The Morgan fingerprint density at radius 3 is 2.09 bits per heavy atom. The molecule has 2 rings (SSSR count). The number of hydrogen-bond acceptors (Lipinski definition) is 5. The summed E-state index contributed by atoms with van der Waals surface area (Å²) in [5, 5.41) is 0.505. The summed E-state index contributed by atoms with van der Waals surface area (Å²) < 4.78 is 56.4. The average molecular weight is 548 g/mol. The molecular weight excluding hydrogens is 531 g/mol. The van der Waals surface area contributed by atoms with Crippen LogP contribution in [-0.4, -0.2) is 32.2 Å². The molecule has 5 nitrogen and oxygen atoms in total. The number of esters is 1. The number of unbranched alkanes of at least 4 members (excludes halogenated alkanes) is 1. The Kier molecular flexibility index (Phi) is 10.8. The molecule has 0 heterocycles. The number of rotatable bonds is 11. The summed E-state index contributed by atoms with van der Waals surface area (Å²) in [6.45, 7) is 0.485. The van der Waals surface area contributed by atoms with E-state index in [-0.39, 0.29) is 45.7 Å². The lowest BCUT2D eigenvalue weighted by Crippen LogP contribution is -2.17. The fourth-order valence-corrected chi connectivity index (χ4v) is 3.08. The van der Waals surface area contributed by atoms with Gasteiger partial charge < -0.3 is 18.9 Å². The summed E-state index contributed by atoms with van der Waals surface area (Å²) in [7, 11) is 0. The Hall–Kier alpha value is -2.00. The van der Waals surface area contributed by atoms with Crippen molar-refractivity contribution in [3.8, 4) is 17.2 Å². The number of carbonyl (C=O) groups is 1. The second-order valence-corrected chi connectivity index (χ2v) is 8.11. The molecule has 0 spiro atoms. The van der Waals surface area contributed by atoms with Crippen LogP contribution in [0.3, 0.4) is 0 Å². The summed E-state index contributed by atoms with van der Waals surface area (Å²) in [5.41, 5.74) is 0.102. The Labute approximate surface area is 207 Å². The van der Waals surface area contributed by atoms with E-state index in [1.807, 2.05) is 0 Å². The van der Waals surface area contributed by atoms with Crippen LogP contribution in [0, 0.1) is 0 Å². The van der Waals surface area contributed by atoms with Gasteiger partial charge in [-0.05, 0) is 43.2 Å². The minimum Gasteiger partial charge on any atom is -0.490 e. The summed E-state index contributed by atoms with van der Waals surface area (Å²) in [4.78, 5) is 11.9. The minimum atomic E-state index is -4.80. The number of ether oxygens (including phenoxy) is 4. The van der Waals surface area contributed by atoms with Crippen molar-refractivity contribution >= 4 is 52.4 Å². The number of hydrogen-bond donors (Lipinski definition) is 0.